The molecule has 3 saturated heterocycles. The Morgan fingerprint density at radius 1 is 1.00 bits per heavy atom. The molecule has 0 spiro atoms. The number of morpholine rings is 1. The van der Waals surface area contributed by atoms with Crippen molar-refractivity contribution in [1.82, 2.24) is 28.7 Å². The van der Waals surface area contributed by atoms with Gasteiger partial charge in [-0.25, -0.2) is 27.6 Å². The molecule has 0 atom stereocenters. The average Bonchev–Trinajstić information content (AvgIpc) is 3.34. The van der Waals surface area contributed by atoms with Crippen LogP contribution in [0.3, 0.4) is 0 Å². The monoisotopic (exact) mass is 633 g/mol. The van der Waals surface area contributed by atoms with Crippen molar-refractivity contribution in [2.75, 3.05) is 57.4 Å². The first-order valence-electron chi connectivity index (χ1n) is 15.0. The van der Waals surface area contributed by atoms with Gasteiger partial charge in [-0.1, -0.05) is 6.42 Å². The van der Waals surface area contributed by atoms with Crippen molar-refractivity contribution in [3.8, 4) is 5.69 Å². The van der Waals surface area contributed by atoms with Gasteiger partial charge in [-0.15, -0.1) is 0 Å². The number of hydrogen-bond donors (Lipinski definition) is 1. The maximum absolute atomic E-state index is 13.8. The van der Waals surface area contributed by atoms with Crippen LogP contribution in [0.4, 0.5) is 18.9 Å². The van der Waals surface area contributed by atoms with Gasteiger partial charge in [0.15, 0.2) is 5.65 Å². The van der Waals surface area contributed by atoms with E-state index in [-0.39, 0.29) is 11.6 Å². The molecule has 5 heterocycles. The Hall–Kier alpha value is -3.27. The molecule has 0 unspecified atom stereocenters. The van der Waals surface area contributed by atoms with Crippen LogP contribution in [0.1, 0.15) is 54.2 Å². The minimum absolute atomic E-state index is 0.179. The second-order valence-corrected chi connectivity index (χ2v) is 13.7. The minimum atomic E-state index is -4.50. The van der Waals surface area contributed by atoms with Gasteiger partial charge in [-0.3, -0.25) is 9.69 Å². The number of nitrogens with one attached hydrogen (secondary N) is 1. The van der Waals surface area contributed by atoms with E-state index < -0.39 is 40.9 Å². The molecule has 236 valence electrons. The van der Waals surface area contributed by atoms with Crippen molar-refractivity contribution in [3.63, 3.8) is 0 Å². The first kappa shape index (κ1) is 29.4. The lowest BCUT2D eigenvalue weighted by Crippen LogP contribution is -2.61. The highest BCUT2D eigenvalue weighted by atomic mass is 32.2. The Balaban J connectivity index is 1.28. The summed E-state index contributed by atoms with van der Waals surface area (Å²) in [5.74, 6) is -4.37. The van der Waals surface area contributed by atoms with Gasteiger partial charge in [0.2, 0.25) is 0 Å². The Labute approximate surface area is 253 Å². The molecule has 15 heteroatoms. The average molecular weight is 634 g/mol. The van der Waals surface area contributed by atoms with Crippen molar-refractivity contribution in [2.24, 2.45) is 0 Å². The zero-order valence-corrected chi connectivity index (χ0v) is 24.9. The zero-order valence-electron chi connectivity index (χ0n) is 24.1. The standard InChI is InChI=1S/C29H34F3N7O4S/c30-20-4-6-22(7-5-20)39-27-25(26(34-39)19-2-1-3-19)24(37-10-8-21(9-11-37)36-12-14-43-15-13-36)16-23(33-27)28(40)35-44(41,42)38-17-29(31,32)18-38/h4-7,16,19,21H,1-3,8-15,17-18H2,(H,35,40). The van der Waals surface area contributed by atoms with E-state index in [0.717, 1.165) is 75.2 Å². The Morgan fingerprint density at radius 3 is 2.30 bits per heavy atom. The fourth-order valence-corrected chi connectivity index (χ4v) is 7.69. The lowest BCUT2D eigenvalue weighted by molar-refractivity contribution is -0.0948. The molecule has 3 aliphatic heterocycles. The summed E-state index contributed by atoms with van der Waals surface area (Å²) in [5, 5.41) is 5.72. The SMILES string of the molecule is O=C(NS(=O)(=O)N1CC(F)(F)C1)c1cc(N2CCC(N3CCOCC3)CC2)c2c(C3CCC3)nn(-c3ccc(F)cc3)c2n1. The lowest BCUT2D eigenvalue weighted by Gasteiger charge is -2.41. The van der Waals surface area contributed by atoms with E-state index in [9.17, 15) is 26.4 Å². The van der Waals surface area contributed by atoms with Crippen LogP contribution < -0.4 is 9.62 Å². The molecule has 1 aromatic carbocycles. The summed E-state index contributed by atoms with van der Waals surface area (Å²) >= 11 is 0. The fourth-order valence-electron chi connectivity index (χ4n) is 6.51. The third-order valence-electron chi connectivity index (χ3n) is 9.18. The van der Waals surface area contributed by atoms with E-state index >= 15 is 0 Å². The zero-order chi connectivity index (χ0) is 30.6. The van der Waals surface area contributed by atoms with Crippen LogP contribution >= 0.6 is 0 Å². The van der Waals surface area contributed by atoms with E-state index in [1.807, 2.05) is 4.72 Å². The van der Waals surface area contributed by atoms with E-state index in [4.69, 9.17) is 9.84 Å². The summed E-state index contributed by atoms with van der Waals surface area (Å²) in [6.45, 7) is 2.64. The van der Waals surface area contributed by atoms with E-state index in [0.29, 0.717) is 34.8 Å². The molecule has 0 bridgehead atoms. The molecule has 1 amide bonds. The third-order valence-corrected chi connectivity index (χ3v) is 10.6. The van der Waals surface area contributed by atoms with E-state index in [1.165, 1.54) is 12.1 Å². The summed E-state index contributed by atoms with van der Waals surface area (Å²) in [4.78, 5) is 22.7. The van der Waals surface area contributed by atoms with Crippen molar-refractivity contribution in [1.29, 1.82) is 0 Å². The van der Waals surface area contributed by atoms with Gasteiger partial charge in [-0.2, -0.15) is 17.8 Å². The van der Waals surface area contributed by atoms with Crippen molar-refractivity contribution < 1.29 is 31.1 Å². The highest BCUT2D eigenvalue weighted by Crippen LogP contribution is 2.43. The third kappa shape index (κ3) is 5.54. The van der Waals surface area contributed by atoms with Crippen LogP contribution in [0.15, 0.2) is 30.3 Å². The topological polar surface area (TPSA) is 113 Å². The largest absolute Gasteiger partial charge is 0.379 e. The number of alkyl halides is 2. The Morgan fingerprint density at radius 2 is 1.68 bits per heavy atom. The summed E-state index contributed by atoms with van der Waals surface area (Å²) in [6, 6.07) is 7.77. The Kier molecular flexibility index (Phi) is 7.54. The number of aromatic nitrogens is 3. The minimum Gasteiger partial charge on any atom is -0.379 e. The predicted molar refractivity (Wildman–Crippen MR) is 156 cm³/mol. The molecule has 11 nitrogen and oxygen atoms in total. The molecule has 44 heavy (non-hydrogen) atoms. The smallest absolute Gasteiger partial charge is 0.304 e. The van der Waals surface area contributed by atoms with Gasteiger partial charge in [0, 0.05) is 38.1 Å². The maximum Gasteiger partial charge on any atom is 0.304 e. The first-order chi connectivity index (χ1) is 21.1. The molecule has 7 rings (SSSR count). The van der Waals surface area contributed by atoms with Gasteiger partial charge in [0.25, 0.3) is 11.8 Å². The van der Waals surface area contributed by atoms with Gasteiger partial charge in [0.1, 0.15) is 11.5 Å². The molecule has 0 radical (unpaired) electrons. The highest BCUT2D eigenvalue weighted by Gasteiger charge is 2.50. The molecular weight excluding hydrogens is 599 g/mol. The number of rotatable bonds is 7. The van der Waals surface area contributed by atoms with Crippen LogP contribution in [-0.4, -0.2) is 103 Å². The summed E-state index contributed by atoms with van der Waals surface area (Å²) < 4.78 is 75.7. The maximum atomic E-state index is 13.8. The molecule has 3 aromatic rings. The molecule has 2 aromatic heterocycles. The predicted octanol–water partition coefficient (Wildman–Crippen LogP) is 3.05. The molecule has 1 N–H and O–H groups in total. The lowest BCUT2D eigenvalue weighted by atomic mass is 9.82. The summed E-state index contributed by atoms with van der Waals surface area (Å²) in [6.07, 6.45) is 4.77. The molecule has 1 aliphatic carbocycles. The summed E-state index contributed by atoms with van der Waals surface area (Å²) in [7, 11) is -4.50. The van der Waals surface area contributed by atoms with Gasteiger partial charge >= 0.3 is 10.2 Å². The number of ether oxygens (including phenoxy) is 1. The molecule has 4 aliphatic rings. The fraction of sp³-hybridized carbons (Fsp3) is 0.552. The van der Waals surface area contributed by atoms with Crippen LogP contribution in [0.25, 0.3) is 16.7 Å². The molecule has 1 saturated carbocycles. The van der Waals surface area contributed by atoms with Crippen molar-refractivity contribution in [3.05, 3.63) is 47.5 Å². The quantitative estimate of drug-likeness (QED) is 0.423. The van der Waals surface area contributed by atoms with E-state index in [2.05, 4.69) is 14.8 Å². The van der Waals surface area contributed by atoms with E-state index in [1.54, 1.807) is 22.9 Å². The van der Waals surface area contributed by atoms with Gasteiger partial charge in [0.05, 0.1) is 48.8 Å². The van der Waals surface area contributed by atoms with Crippen LogP contribution in [0.5, 0.6) is 0 Å². The van der Waals surface area contributed by atoms with Gasteiger partial charge in [-0.05, 0) is 56.0 Å². The number of anilines is 1. The van der Waals surface area contributed by atoms with Crippen LogP contribution in [0.2, 0.25) is 0 Å². The number of fused-ring (bicyclic) bond motifs is 1. The second-order valence-electron chi connectivity index (χ2n) is 12.1. The summed E-state index contributed by atoms with van der Waals surface area (Å²) in [5.41, 5.74) is 2.28. The Bertz CT molecular complexity index is 1660. The van der Waals surface area contributed by atoms with Crippen molar-refractivity contribution in [2.45, 2.75) is 50.0 Å². The number of hydrogen-bond acceptors (Lipinski definition) is 8. The first-order valence-corrected chi connectivity index (χ1v) is 16.5. The number of halogens is 3. The number of piperidine rings is 1. The number of benzene rings is 1. The number of nitrogens with zero attached hydrogens (tertiary/aromatic N) is 6. The number of carbonyl (C=O) groups excluding carboxylic acids is 1. The number of carbonyl (C=O) groups is 1. The number of amides is 1. The molecule has 4 fully saturated rings. The van der Waals surface area contributed by atoms with Crippen molar-refractivity contribution >= 4 is 32.8 Å². The van der Waals surface area contributed by atoms with Gasteiger partial charge < -0.3 is 9.64 Å². The number of pyridine rings is 1. The van der Waals surface area contributed by atoms with Crippen LogP contribution in [0, 0.1) is 5.82 Å². The highest BCUT2D eigenvalue weighted by molar-refractivity contribution is 7.87. The normalized spacial score (nSPS) is 22.1. The van der Waals surface area contributed by atoms with Crippen LogP contribution in [-0.2, 0) is 14.9 Å². The molecular formula is C29H34F3N7O4S. The second kappa shape index (κ2) is 11.3.